The number of carboxylic acid groups (broad SMARTS) is 1. The van der Waals surface area contributed by atoms with Gasteiger partial charge in [0.1, 0.15) is 0 Å². The number of aliphatic carboxylic acids is 1. The number of carbonyl (C=O) groups is 1. The monoisotopic (exact) mass is 139 g/mol. The number of rotatable bonds is 1. The molecule has 2 aliphatic heterocycles. The maximum Gasteiger partial charge on any atom is 0.311 e. The molecule has 2 heterocycles. The smallest absolute Gasteiger partial charge is 0.311 e. The van der Waals surface area contributed by atoms with E-state index in [9.17, 15) is 4.79 Å². The highest BCUT2D eigenvalue weighted by Crippen LogP contribution is 2.85. The Morgan fingerprint density at radius 1 is 1.80 bits per heavy atom. The zero-order valence-electron chi connectivity index (χ0n) is 5.74. The van der Waals surface area contributed by atoms with Crippen molar-refractivity contribution in [3.05, 3.63) is 0 Å². The van der Waals surface area contributed by atoms with Crippen molar-refractivity contribution in [1.29, 1.82) is 0 Å². The molecule has 2 saturated carbocycles. The Labute approximate surface area is 58.6 Å². The van der Waals surface area contributed by atoms with Gasteiger partial charge in [0.05, 0.1) is 5.41 Å². The molecule has 3 heteroatoms. The van der Waals surface area contributed by atoms with Gasteiger partial charge in [-0.2, -0.15) is 0 Å². The molecule has 0 spiro atoms. The fourth-order valence-electron chi connectivity index (χ4n) is 3.00. The van der Waals surface area contributed by atoms with Crippen molar-refractivity contribution in [2.24, 2.45) is 17.3 Å². The Hall–Kier alpha value is -0.570. The van der Waals surface area contributed by atoms with Crippen LogP contribution in [0.2, 0.25) is 0 Å². The molecule has 4 aliphatic rings. The second-order valence-electron chi connectivity index (χ2n) is 3.75. The summed E-state index contributed by atoms with van der Waals surface area (Å²) < 4.78 is 0. The van der Waals surface area contributed by atoms with Gasteiger partial charge in [-0.1, -0.05) is 0 Å². The van der Waals surface area contributed by atoms with Crippen molar-refractivity contribution in [3.8, 4) is 0 Å². The van der Waals surface area contributed by atoms with Crippen LogP contribution in [0.3, 0.4) is 0 Å². The Morgan fingerprint density at radius 3 is 2.70 bits per heavy atom. The first-order chi connectivity index (χ1) is 4.70. The molecule has 54 valence electrons. The number of fused-ring (bicyclic) bond motifs is 1. The van der Waals surface area contributed by atoms with Gasteiger partial charge in [0.2, 0.25) is 0 Å². The predicted octanol–water partition coefficient (Wildman–Crippen LogP) is -0.369. The standard InChI is InChI=1S/C7H9NO2/c1-8-2-3-4-5(8)7(3,4)6(9)10/h3-5H,2H2,1H3,(H,9,10). The normalized spacial score (nSPS) is 61.9. The topological polar surface area (TPSA) is 40.5 Å². The second kappa shape index (κ2) is 1.01. The van der Waals surface area contributed by atoms with Crippen molar-refractivity contribution in [2.45, 2.75) is 6.04 Å². The summed E-state index contributed by atoms with van der Waals surface area (Å²) in [6, 6.07) is 0.412. The molecule has 0 aromatic rings. The number of nitrogens with zero attached hydrogens (tertiary/aromatic N) is 1. The molecule has 4 unspecified atom stereocenters. The van der Waals surface area contributed by atoms with E-state index in [1.807, 2.05) is 7.05 Å². The van der Waals surface area contributed by atoms with Crippen molar-refractivity contribution in [1.82, 2.24) is 4.90 Å². The lowest BCUT2D eigenvalue weighted by Crippen LogP contribution is -2.20. The Bertz CT molecular complexity index is 234. The minimum Gasteiger partial charge on any atom is -0.481 e. The summed E-state index contributed by atoms with van der Waals surface area (Å²) in [5.41, 5.74) is -0.241. The second-order valence-corrected chi connectivity index (χ2v) is 3.75. The molecule has 2 aliphatic carbocycles. The van der Waals surface area contributed by atoms with Gasteiger partial charge >= 0.3 is 5.97 Å². The summed E-state index contributed by atoms with van der Waals surface area (Å²) in [6.45, 7) is 1.02. The average Bonchev–Trinajstić information content (AvgIpc) is 2.61. The third-order valence-corrected chi connectivity index (χ3v) is 3.54. The Morgan fingerprint density at radius 2 is 2.50 bits per heavy atom. The van der Waals surface area contributed by atoms with E-state index in [1.54, 1.807) is 0 Å². The molecule has 0 radical (unpaired) electrons. The van der Waals surface area contributed by atoms with Crippen LogP contribution >= 0.6 is 0 Å². The van der Waals surface area contributed by atoms with Gasteiger partial charge in [0, 0.05) is 12.6 Å². The maximum atomic E-state index is 10.7. The SMILES string of the molecule is CN1CC2C3C1C23C(=O)O. The highest BCUT2D eigenvalue weighted by Gasteiger charge is 2.95. The molecule has 3 nitrogen and oxygen atoms in total. The number of carboxylic acids is 1. The molecule has 4 fully saturated rings. The zero-order valence-corrected chi connectivity index (χ0v) is 5.74. The third-order valence-electron chi connectivity index (χ3n) is 3.54. The van der Waals surface area contributed by atoms with Crippen molar-refractivity contribution < 1.29 is 9.90 Å². The highest BCUT2D eigenvalue weighted by atomic mass is 16.4. The number of hydrogen-bond donors (Lipinski definition) is 1. The van der Waals surface area contributed by atoms with E-state index in [4.69, 9.17) is 5.11 Å². The van der Waals surface area contributed by atoms with E-state index in [1.165, 1.54) is 0 Å². The van der Waals surface area contributed by atoms with Crippen LogP contribution in [0.25, 0.3) is 0 Å². The summed E-state index contributed by atoms with van der Waals surface area (Å²) in [5, 5.41) is 8.83. The Balaban J connectivity index is 1.99. The van der Waals surface area contributed by atoms with Crippen LogP contribution in [0, 0.1) is 17.3 Å². The predicted molar refractivity (Wildman–Crippen MR) is 33.5 cm³/mol. The first kappa shape index (κ1) is 5.13. The van der Waals surface area contributed by atoms with Gasteiger partial charge in [0.25, 0.3) is 0 Å². The van der Waals surface area contributed by atoms with Gasteiger partial charge in [0.15, 0.2) is 0 Å². The first-order valence-electron chi connectivity index (χ1n) is 3.64. The first-order valence-corrected chi connectivity index (χ1v) is 3.64. The van der Waals surface area contributed by atoms with Gasteiger partial charge in [-0.05, 0) is 18.9 Å². The maximum absolute atomic E-state index is 10.7. The van der Waals surface area contributed by atoms with Crippen molar-refractivity contribution >= 4 is 5.97 Å². The lowest BCUT2D eigenvalue weighted by Gasteiger charge is -2.05. The summed E-state index contributed by atoms with van der Waals surface area (Å²) in [7, 11) is 2.02. The van der Waals surface area contributed by atoms with Crippen LogP contribution in [0.15, 0.2) is 0 Å². The largest absolute Gasteiger partial charge is 0.481 e. The quantitative estimate of drug-likeness (QED) is 0.539. The molecule has 0 aromatic carbocycles. The van der Waals surface area contributed by atoms with Crippen molar-refractivity contribution in [3.63, 3.8) is 0 Å². The van der Waals surface area contributed by atoms with E-state index in [2.05, 4.69) is 4.90 Å². The lowest BCUT2D eigenvalue weighted by molar-refractivity contribution is -0.141. The summed E-state index contributed by atoms with van der Waals surface area (Å²) in [4.78, 5) is 12.9. The van der Waals surface area contributed by atoms with E-state index in [0.717, 1.165) is 6.54 Å². The molecule has 1 N–H and O–H groups in total. The van der Waals surface area contributed by atoms with Crippen LogP contribution in [-0.4, -0.2) is 35.6 Å². The van der Waals surface area contributed by atoms with Gasteiger partial charge in [-0.15, -0.1) is 0 Å². The van der Waals surface area contributed by atoms with Gasteiger partial charge in [-0.3, -0.25) is 4.79 Å². The minimum absolute atomic E-state index is 0.241. The van der Waals surface area contributed by atoms with Crippen LogP contribution in [-0.2, 0) is 4.79 Å². The minimum atomic E-state index is -0.558. The molecule has 2 bridgehead atoms. The highest BCUT2D eigenvalue weighted by molar-refractivity contribution is 5.88. The zero-order chi connectivity index (χ0) is 7.09. The van der Waals surface area contributed by atoms with E-state index in [-0.39, 0.29) is 5.41 Å². The molecule has 2 saturated heterocycles. The fourth-order valence-corrected chi connectivity index (χ4v) is 3.00. The number of hydrogen-bond acceptors (Lipinski definition) is 2. The summed E-state index contributed by atoms with van der Waals surface area (Å²) >= 11 is 0. The average molecular weight is 139 g/mol. The number of piperidine rings is 1. The molecule has 10 heavy (non-hydrogen) atoms. The molecular weight excluding hydrogens is 130 g/mol. The fraction of sp³-hybridized carbons (Fsp3) is 0.857. The Kier molecular flexibility index (Phi) is 0.520. The third kappa shape index (κ3) is 0.245. The van der Waals surface area contributed by atoms with E-state index in [0.29, 0.717) is 17.9 Å². The van der Waals surface area contributed by atoms with Crippen molar-refractivity contribution in [2.75, 3.05) is 13.6 Å². The van der Waals surface area contributed by atoms with Crippen LogP contribution in [0.1, 0.15) is 0 Å². The molecule has 4 rings (SSSR count). The van der Waals surface area contributed by atoms with Crippen LogP contribution in [0.5, 0.6) is 0 Å². The van der Waals surface area contributed by atoms with Crippen LogP contribution < -0.4 is 0 Å². The lowest BCUT2D eigenvalue weighted by atomic mass is 10.1. The summed E-state index contributed by atoms with van der Waals surface area (Å²) in [5.74, 6) is 0.492. The van der Waals surface area contributed by atoms with Gasteiger partial charge in [-0.25, -0.2) is 0 Å². The summed E-state index contributed by atoms with van der Waals surface area (Å²) in [6.07, 6.45) is 0. The molecular formula is C7H9NO2. The van der Waals surface area contributed by atoms with E-state index < -0.39 is 5.97 Å². The van der Waals surface area contributed by atoms with Gasteiger partial charge < -0.3 is 10.0 Å². The molecule has 4 atom stereocenters. The van der Waals surface area contributed by atoms with Crippen LogP contribution in [0.4, 0.5) is 0 Å². The molecule has 0 amide bonds. The van der Waals surface area contributed by atoms with E-state index >= 15 is 0 Å². The molecule has 0 aromatic heterocycles.